The molecule has 1 aliphatic rings. The molecule has 0 aromatic rings. The lowest BCUT2D eigenvalue weighted by Gasteiger charge is -2.39. The number of rotatable bonds is 38. The van der Waals surface area contributed by atoms with Gasteiger partial charge in [0, 0.05) is 13.0 Å². The van der Waals surface area contributed by atoms with Crippen LogP contribution in [0, 0.1) is 0 Å². The Morgan fingerprint density at radius 1 is 0.516 bits per heavy atom. The predicted octanol–water partition coefficient (Wildman–Crippen LogP) is 11.1. The van der Waals surface area contributed by atoms with E-state index >= 15 is 0 Å². The average Bonchev–Trinajstić information content (AvgIpc) is 3.27. The quantitative estimate of drug-likeness (QED) is 0.0272. The van der Waals surface area contributed by atoms with Crippen molar-refractivity contribution in [3.8, 4) is 0 Å². The Hall–Kier alpha value is -3.41. The van der Waals surface area contributed by atoms with Gasteiger partial charge in [-0.2, -0.15) is 0 Å². The molecule has 0 aromatic heterocycles. The van der Waals surface area contributed by atoms with E-state index in [4.69, 9.17) is 18.9 Å². The summed E-state index contributed by atoms with van der Waals surface area (Å²) in [5, 5.41) is 40.2. The van der Waals surface area contributed by atoms with Gasteiger partial charge >= 0.3 is 5.97 Å². The summed E-state index contributed by atoms with van der Waals surface area (Å²) >= 11 is 0. The van der Waals surface area contributed by atoms with Crippen LogP contribution in [0.25, 0.3) is 0 Å². The molecule has 0 radical (unpaired) electrons. The summed E-state index contributed by atoms with van der Waals surface area (Å²) in [5.74, 6) is -0.368. The van der Waals surface area contributed by atoms with Gasteiger partial charge in [-0.1, -0.05) is 155 Å². The maximum atomic E-state index is 12.8. The fourth-order valence-corrected chi connectivity index (χ4v) is 6.25. The average molecular weight is 865 g/mol. The van der Waals surface area contributed by atoms with E-state index in [-0.39, 0.29) is 25.6 Å². The summed E-state index contributed by atoms with van der Waals surface area (Å²) in [6.07, 6.45) is 55.1. The summed E-state index contributed by atoms with van der Waals surface area (Å²) in [6.45, 7) is 4.19. The van der Waals surface area contributed by atoms with E-state index in [0.717, 1.165) is 116 Å². The van der Waals surface area contributed by atoms with E-state index in [1.54, 1.807) is 0 Å². The molecule has 0 aliphatic carbocycles. The van der Waals surface area contributed by atoms with Crippen molar-refractivity contribution in [1.82, 2.24) is 0 Å². The summed E-state index contributed by atoms with van der Waals surface area (Å²) in [4.78, 5) is 12.8. The van der Waals surface area contributed by atoms with E-state index in [2.05, 4.69) is 135 Å². The molecule has 0 amide bonds. The van der Waals surface area contributed by atoms with Crippen LogP contribution >= 0.6 is 0 Å². The third-order valence-electron chi connectivity index (χ3n) is 9.87. The Kier molecular flexibility index (Phi) is 39.1. The Bertz CT molecular complexity index is 1350. The molecule has 1 saturated heterocycles. The Morgan fingerprint density at radius 2 is 0.935 bits per heavy atom. The molecule has 6 unspecified atom stereocenters. The highest BCUT2D eigenvalue weighted by Gasteiger charge is 2.44. The Labute approximate surface area is 376 Å². The lowest BCUT2D eigenvalue weighted by Crippen LogP contribution is -2.59. The topological polar surface area (TPSA) is 135 Å². The van der Waals surface area contributed by atoms with Crippen molar-refractivity contribution in [2.75, 3.05) is 26.4 Å². The summed E-state index contributed by atoms with van der Waals surface area (Å²) in [5.41, 5.74) is 0. The van der Waals surface area contributed by atoms with Crippen molar-refractivity contribution in [1.29, 1.82) is 0 Å². The predicted molar refractivity (Wildman–Crippen MR) is 256 cm³/mol. The molecule has 4 N–H and O–H groups in total. The van der Waals surface area contributed by atoms with Crippen LogP contribution in [0.4, 0.5) is 0 Å². The van der Waals surface area contributed by atoms with Crippen LogP contribution in [0.1, 0.15) is 142 Å². The Morgan fingerprint density at radius 3 is 1.40 bits per heavy atom. The van der Waals surface area contributed by atoms with Gasteiger partial charge in [0.05, 0.1) is 19.8 Å². The van der Waals surface area contributed by atoms with Crippen molar-refractivity contribution in [3.05, 3.63) is 122 Å². The van der Waals surface area contributed by atoms with Crippen molar-refractivity contribution >= 4 is 5.97 Å². The van der Waals surface area contributed by atoms with E-state index < -0.39 is 43.4 Å². The largest absolute Gasteiger partial charge is 0.457 e. The van der Waals surface area contributed by atoms with Crippen molar-refractivity contribution in [2.24, 2.45) is 0 Å². The summed E-state index contributed by atoms with van der Waals surface area (Å²) in [7, 11) is 0. The zero-order valence-corrected chi connectivity index (χ0v) is 38.3. The highest BCUT2D eigenvalue weighted by atomic mass is 16.7. The molecule has 1 rings (SSSR count). The number of carbonyl (C=O) groups excluding carboxylic acids is 1. The number of aliphatic hydroxyl groups excluding tert-OH is 4. The monoisotopic (exact) mass is 865 g/mol. The van der Waals surface area contributed by atoms with Gasteiger partial charge in [0.15, 0.2) is 6.29 Å². The normalized spacial score (nSPS) is 20.9. The first kappa shape index (κ1) is 56.6. The van der Waals surface area contributed by atoms with Gasteiger partial charge in [-0.05, 0) is 103 Å². The van der Waals surface area contributed by atoms with Crippen LogP contribution in [0.3, 0.4) is 0 Å². The van der Waals surface area contributed by atoms with Gasteiger partial charge in [0.1, 0.15) is 30.5 Å². The van der Waals surface area contributed by atoms with E-state index in [1.165, 1.54) is 0 Å². The second-order valence-corrected chi connectivity index (χ2v) is 15.4. The van der Waals surface area contributed by atoms with Gasteiger partial charge in [0.25, 0.3) is 0 Å². The zero-order valence-electron chi connectivity index (χ0n) is 38.3. The fourth-order valence-electron chi connectivity index (χ4n) is 6.25. The first-order chi connectivity index (χ1) is 30.4. The lowest BCUT2D eigenvalue weighted by molar-refractivity contribution is -0.305. The van der Waals surface area contributed by atoms with Crippen LogP contribution in [-0.2, 0) is 23.7 Å². The maximum Gasteiger partial charge on any atom is 0.306 e. The van der Waals surface area contributed by atoms with Crippen molar-refractivity contribution in [3.63, 3.8) is 0 Å². The van der Waals surface area contributed by atoms with E-state index in [0.29, 0.717) is 13.0 Å². The molecule has 0 spiro atoms. The van der Waals surface area contributed by atoms with Gasteiger partial charge in [-0.25, -0.2) is 0 Å². The number of aliphatic hydroxyl groups is 4. The number of hydrogen-bond acceptors (Lipinski definition) is 9. The van der Waals surface area contributed by atoms with Crippen molar-refractivity contribution in [2.45, 2.75) is 179 Å². The van der Waals surface area contributed by atoms with E-state index in [9.17, 15) is 25.2 Å². The maximum absolute atomic E-state index is 12.8. The van der Waals surface area contributed by atoms with E-state index in [1.807, 2.05) is 0 Å². The molecule has 62 heavy (non-hydrogen) atoms. The SMILES string of the molecule is CC/C=C\C/C=C\C/C=C\C/C=C\C/C=C\C/C=C\CCCCCCCOCC(COC1OC(CO)C(O)C(O)C1O)OC(=O)CCCC/C=C\C/C=C\C/C=C\C/C=C\CC. The summed E-state index contributed by atoms with van der Waals surface area (Å²) in [6, 6.07) is 0. The first-order valence-corrected chi connectivity index (χ1v) is 23.6. The minimum atomic E-state index is -1.56. The molecule has 9 heteroatoms. The number of ether oxygens (including phenoxy) is 4. The van der Waals surface area contributed by atoms with Gasteiger partial charge in [0.2, 0.25) is 0 Å². The molecule has 1 heterocycles. The molecule has 1 fully saturated rings. The smallest absolute Gasteiger partial charge is 0.306 e. The minimum absolute atomic E-state index is 0.105. The molecule has 0 bridgehead atoms. The highest BCUT2D eigenvalue weighted by Crippen LogP contribution is 2.22. The number of unbranched alkanes of at least 4 members (excludes halogenated alkanes) is 7. The molecular formula is C53H84O9. The molecule has 1 aliphatic heterocycles. The molecule has 9 nitrogen and oxygen atoms in total. The van der Waals surface area contributed by atoms with Crippen LogP contribution in [0.2, 0.25) is 0 Å². The van der Waals surface area contributed by atoms with Crippen molar-refractivity contribution < 1.29 is 44.2 Å². The minimum Gasteiger partial charge on any atom is -0.457 e. The number of allylic oxidation sites excluding steroid dienone is 20. The molecule has 0 saturated carbocycles. The molecular weight excluding hydrogens is 781 g/mol. The van der Waals surface area contributed by atoms with Crippen LogP contribution in [0.5, 0.6) is 0 Å². The number of carbonyl (C=O) groups is 1. The molecule has 0 aromatic carbocycles. The first-order valence-electron chi connectivity index (χ1n) is 23.6. The third kappa shape index (κ3) is 33.2. The zero-order chi connectivity index (χ0) is 45.0. The third-order valence-corrected chi connectivity index (χ3v) is 9.87. The fraction of sp³-hybridized carbons (Fsp3) is 0.604. The second-order valence-electron chi connectivity index (χ2n) is 15.4. The highest BCUT2D eigenvalue weighted by molar-refractivity contribution is 5.69. The summed E-state index contributed by atoms with van der Waals surface area (Å²) < 4.78 is 22.8. The number of esters is 1. The van der Waals surface area contributed by atoms with Crippen LogP contribution in [0.15, 0.2) is 122 Å². The van der Waals surface area contributed by atoms with Gasteiger partial charge in [-0.3, -0.25) is 4.79 Å². The molecule has 6 atom stereocenters. The second kappa shape index (κ2) is 42.9. The Balaban J connectivity index is 2.29. The standard InChI is InChI=1S/C53H84O9/c1-3-5-7-9-11-13-15-17-19-20-21-22-23-24-25-26-27-29-31-33-35-37-39-41-43-59-45-47(46-60-53-52(58)51(57)50(56)48(44-54)62-53)61-49(55)42-40-38-36-34-32-30-28-18-16-14-12-10-8-6-4-2/h5-8,11-14,17-19,21-22,24-25,27-29,32,34,47-48,50-54,56-58H,3-4,9-10,15-16,20,23,26,30-31,33,35-46H2,1-2H3/b7-5-,8-6-,13-11-,14-12-,19-17-,22-21-,25-24-,28-18-,29-27-,34-32-. The van der Waals surface area contributed by atoms with Gasteiger partial charge in [-0.15, -0.1) is 0 Å². The van der Waals surface area contributed by atoms with Crippen LogP contribution in [-0.4, -0.2) is 89.6 Å². The lowest BCUT2D eigenvalue weighted by atomic mass is 9.99. The molecule has 350 valence electrons. The number of hydrogen-bond donors (Lipinski definition) is 4. The van der Waals surface area contributed by atoms with Crippen LogP contribution < -0.4 is 0 Å². The van der Waals surface area contributed by atoms with Gasteiger partial charge < -0.3 is 39.4 Å².